The number of methoxy groups -OCH3 is 1. The number of anilines is 1. The third-order valence-electron chi connectivity index (χ3n) is 2.14. The van der Waals surface area contributed by atoms with Gasteiger partial charge < -0.3 is 10.5 Å². The van der Waals surface area contributed by atoms with Crippen LogP contribution >= 0.6 is 0 Å². The molecule has 0 aliphatic carbocycles. The molecule has 0 aliphatic heterocycles. The maximum absolute atomic E-state index is 5.58. The fourth-order valence-electron chi connectivity index (χ4n) is 1.33. The Bertz CT molecular complexity index is 468. The molecule has 2 aromatic heterocycles. The highest BCUT2D eigenvalue weighted by atomic mass is 16.5. The molecule has 16 heavy (non-hydrogen) atoms. The molecule has 2 rings (SSSR count). The maximum Gasteiger partial charge on any atom is 0.127 e. The quantitative estimate of drug-likeness (QED) is 0.813. The Labute approximate surface area is 93.1 Å². The van der Waals surface area contributed by atoms with Crippen molar-refractivity contribution in [1.82, 2.24) is 19.7 Å². The number of hydrogen-bond donors (Lipinski definition) is 1. The summed E-state index contributed by atoms with van der Waals surface area (Å²) in [5, 5.41) is 4.20. The summed E-state index contributed by atoms with van der Waals surface area (Å²) in [5.41, 5.74) is 7.28. The molecule has 0 radical (unpaired) electrons. The van der Waals surface area contributed by atoms with Gasteiger partial charge in [0.1, 0.15) is 12.1 Å². The standard InChI is InChI=1S/C10H13N5O/c1-16-3-2-15-6-8(5-14-15)9-4-10(11)13-7-12-9/h4-7H,2-3H2,1H3,(H2,11,12,13). The predicted octanol–water partition coefficient (Wildman–Crippen LogP) is 0.569. The Morgan fingerprint density at radius 3 is 3.06 bits per heavy atom. The largest absolute Gasteiger partial charge is 0.384 e. The zero-order valence-electron chi connectivity index (χ0n) is 9.00. The lowest BCUT2D eigenvalue weighted by molar-refractivity contribution is 0.183. The first kappa shape index (κ1) is 10.6. The molecule has 0 aromatic carbocycles. The number of nitrogens with two attached hydrogens (primary N) is 1. The molecule has 6 heteroatoms. The average molecular weight is 219 g/mol. The van der Waals surface area contributed by atoms with E-state index < -0.39 is 0 Å². The molecular weight excluding hydrogens is 206 g/mol. The minimum atomic E-state index is 0.453. The summed E-state index contributed by atoms with van der Waals surface area (Å²) in [6.07, 6.45) is 5.09. The third kappa shape index (κ3) is 2.34. The van der Waals surface area contributed by atoms with Crippen molar-refractivity contribution < 1.29 is 4.74 Å². The second-order valence-corrected chi connectivity index (χ2v) is 3.31. The van der Waals surface area contributed by atoms with E-state index in [1.54, 1.807) is 24.1 Å². The van der Waals surface area contributed by atoms with E-state index in [0.717, 1.165) is 17.8 Å². The Morgan fingerprint density at radius 1 is 1.44 bits per heavy atom. The van der Waals surface area contributed by atoms with E-state index in [1.807, 2.05) is 6.20 Å². The smallest absolute Gasteiger partial charge is 0.127 e. The van der Waals surface area contributed by atoms with E-state index in [2.05, 4.69) is 15.1 Å². The highest BCUT2D eigenvalue weighted by Crippen LogP contribution is 2.16. The summed E-state index contributed by atoms with van der Waals surface area (Å²) < 4.78 is 6.78. The van der Waals surface area contributed by atoms with Crippen LogP contribution in [0.25, 0.3) is 11.3 Å². The van der Waals surface area contributed by atoms with E-state index in [0.29, 0.717) is 12.4 Å². The number of ether oxygens (including phenoxy) is 1. The Balaban J connectivity index is 2.18. The monoisotopic (exact) mass is 219 g/mol. The van der Waals surface area contributed by atoms with Gasteiger partial charge in [0.25, 0.3) is 0 Å². The molecular formula is C10H13N5O. The summed E-state index contributed by atoms with van der Waals surface area (Å²) in [6.45, 7) is 1.35. The Hall–Kier alpha value is -1.95. The maximum atomic E-state index is 5.58. The second-order valence-electron chi connectivity index (χ2n) is 3.31. The molecule has 2 aromatic rings. The van der Waals surface area contributed by atoms with Gasteiger partial charge in [-0.05, 0) is 0 Å². The van der Waals surface area contributed by atoms with Gasteiger partial charge in [0.2, 0.25) is 0 Å². The summed E-state index contributed by atoms with van der Waals surface area (Å²) in [4.78, 5) is 7.97. The number of nitrogens with zero attached hydrogens (tertiary/aromatic N) is 4. The highest BCUT2D eigenvalue weighted by Gasteiger charge is 2.03. The molecule has 0 amide bonds. The SMILES string of the molecule is COCCn1cc(-c2cc(N)ncn2)cn1. The van der Waals surface area contributed by atoms with Gasteiger partial charge >= 0.3 is 0 Å². The van der Waals surface area contributed by atoms with Crippen molar-refractivity contribution in [3.05, 3.63) is 24.8 Å². The van der Waals surface area contributed by atoms with Crippen LogP contribution in [0.1, 0.15) is 0 Å². The van der Waals surface area contributed by atoms with E-state index >= 15 is 0 Å². The van der Waals surface area contributed by atoms with Crippen LogP contribution < -0.4 is 5.73 Å². The molecule has 2 N–H and O–H groups in total. The van der Waals surface area contributed by atoms with E-state index in [-0.39, 0.29) is 0 Å². The predicted molar refractivity (Wildman–Crippen MR) is 59.5 cm³/mol. The zero-order valence-corrected chi connectivity index (χ0v) is 9.00. The van der Waals surface area contributed by atoms with Gasteiger partial charge in [0.15, 0.2) is 0 Å². The first-order valence-corrected chi connectivity index (χ1v) is 4.89. The number of rotatable bonds is 4. The van der Waals surface area contributed by atoms with Gasteiger partial charge in [-0.3, -0.25) is 4.68 Å². The third-order valence-corrected chi connectivity index (χ3v) is 2.14. The molecule has 6 nitrogen and oxygen atoms in total. The molecule has 0 bridgehead atoms. The molecule has 0 saturated heterocycles. The summed E-state index contributed by atoms with van der Waals surface area (Å²) in [6, 6.07) is 1.72. The first-order chi connectivity index (χ1) is 7.79. The van der Waals surface area contributed by atoms with Crippen LogP contribution in [0.3, 0.4) is 0 Å². The lowest BCUT2D eigenvalue weighted by Crippen LogP contribution is -2.03. The molecule has 0 fully saturated rings. The van der Waals surface area contributed by atoms with Crippen LogP contribution in [0.5, 0.6) is 0 Å². The molecule has 0 spiro atoms. The topological polar surface area (TPSA) is 78.9 Å². The van der Waals surface area contributed by atoms with Gasteiger partial charge in [-0.1, -0.05) is 0 Å². The van der Waals surface area contributed by atoms with Gasteiger partial charge in [-0.25, -0.2) is 9.97 Å². The van der Waals surface area contributed by atoms with Crippen LogP contribution in [0.4, 0.5) is 5.82 Å². The van der Waals surface area contributed by atoms with Crippen molar-refractivity contribution in [2.24, 2.45) is 0 Å². The van der Waals surface area contributed by atoms with Gasteiger partial charge in [-0.2, -0.15) is 5.10 Å². The fraction of sp³-hybridized carbons (Fsp3) is 0.300. The minimum absolute atomic E-state index is 0.453. The summed E-state index contributed by atoms with van der Waals surface area (Å²) >= 11 is 0. The van der Waals surface area contributed by atoms with Crippen molar-refractivity contribution in [1.29, 1.82) is 0 Å². The van der Waals surface area contributed by atoms with Crippen molar-refractivity contribution in [2.45, 2.75) is 6.54 Å². The van der Waals surface area contributed by atoms with Gasteiger partial charge in [-0.15, -0.1) is 0 Å². The molecule has 0 atom stereocenters. The molecule has 2 heterocycles. The van der Waals surface area contributed by atoms with Crippen LogP contribution in [0, 0.1) is 0 Å². The Morgan fingerprint density at radius 2 is 2.31 bits per heavy atom. The summed E-state index contributed by atoms with van der Waals surface area (Å²) in [5.74, 6) is 0.453. The molecule has 0 unspecified atom stereocenters. The zero-order chi connectivity index (χ0) is 11.4. The first-order valence-electron chi connectivity index (χ1n) is 4.89. The normalized spacial score (nSPS) is 10.6. The van der Waals surface area contributed by atoms with Crippen LogP contribution in [0.15, 0.2) is 24.8 Å². The molecule has 84 valence electrons. The highest BCUT2D eigenvalue weighted by molar-refractivity contribution is 5.59. The van der Waals surface area contributed by atoms with Gasteiger partial charge in [0, 0.05) is 24.9 Å². The molecule has 0 saturated carbocycles. The lowest BCUT2D eigenvalue weighted by Gasteiger charge is -1.99. The van der Waals surface area contributed by atoms with Crippen molar-refractivity contribution >= 4 is 5.82 Å². The molecule has 0 aliphatic rings. The number of aromatic nitrogens is 4. The fourth-order valence-corrected chi connectivity index (χ4v) is 1.33. The van der Waals surface area contributed by atoms with E-state index in [9.17, 15) is 0 Å². The van der Waals surface area contributed by atoms with E-state index in [4.69, 9.17) is 10.5 Å². The van der Waals surface area contributed by atoms with Crippen molar-refractivity contribution in [3.8, 4) is 11.3 Å². The number of hydrogen-bond acceptors (Lipinski definition) is 5. The van der Waals surface area contributed by atoms with Crippen LogP contribution in [0.2, 0.25) is 0 Å². The lowest BCUT2D eigenvalue weighted by atomic mass is 10.2. The minimum Gasteiger partial charge on any atom is -0.384 e. The Kier molecular flexibility index (Phi) is 3.11. The van der Waals surface area contributed by atoms with Crippen molar-refractivity contribution in [2.75, 3.05) is 19.5 Å². The second kappa shape index (κ2) is 4.71. The van der Waals surface area contributed by atoms with Crippen molar-refractivity contribution in [3.63, 3.8) is 0 Å². The van der Waals surface area contributed by atoms with Crippen LogP contribution in [-0.2, 0) is 11.3 Å². The summed E-state index contributed by atoms with van der Waals surface area (Å²) in [7, 11) is 1.66. The number of nitrogen functional groups attached to an aromatic ring is 1. The van der Waals surface area contributed by atoms with Crippen LogP contribution in [-0.4, -0.2) is 33.5 Å². The van der Waals surface area contributed by atoms with E-state index in [1.165, 1.54) is 6.33 Å². The van der Waals surface area contributed by atoms with Gasteiger partial charge in [0.05, 0.1) is 25.0 Å². The average Bonchev–Trinajstić information content (AvgIpc) is 2.75.